The van der Waals surface area contributed by atoms with E-state index in [4.69, 9.17) is 11.6 Å². The van der Waals surface area contributed by atoms with Gasteiger partial charge >= 0.3 is 6.03 Å². The Kier molecular flexibility index (Phi) is 3.30. The van der Waals surface area contributed by atoms with Crippen LogP contribution in [0.4, 0.5) is 10.5 Å². The highest BCUT2D eigenvalue weighted by Crippen LogP contribution is 2.33. The van der Waals surface area contributed by atoms with E-state index in [0.29, 0.717) is 12.2 Å². The Bertz CT molecular complexity index is 539. The number of hydrogen-bond donors (Lipinski definition) is 3. The van der Waals surface area contributed by atoms with Crippen LogP contribution in [0, 0.1) is 0 Å². The lowest BCUT2D eigenvalue weighted by molar-refractivity contribution is -0.116. The van der Waals surface area contributed by atoms with Crippen molar-refractivity contribution in [2.45, 2.75) is 25.7 Å². The summed E-state index contributed by atoms with van der Waals surface area (Å²) in [4.78, 5) is 24.5. The van der Waals surface area contributed by atoms with Gasteiger partial charge in [-0.2, -0.15) is 0 Å². The first kappa shape index (κ1) is 13.5. The fourth-order valence-electron chi connectivity index (χ4n) is 2.15. The number of rotatable bonds is 2. The number of imide groups is 1. The summed E-state index contributed by atoms with van der Waals surface area (Å²) < 4.78 is 0. The minimum atomic E-state index is -0.616. The van der Waals surface area contributed by atoms with E-state index >= 15 is 0 Å². The third kappa shape index (κ3) is 2.20. The number of anilines is 1. The Balaban J connectivity index is 2.43. The molecule has 1 aromatic rings. The molecule has 3 amide bonds. The van der Waals surface area contributed by atoms with E-state index in [1.807, 2.05) is 31.4 Å². The van der Waals surface area contributed by atoms with Gasteiger partial charge in [0, 0.05) is 12.0 Å². The zero-order chi connectivity index (χ0) is 14.2. The zero-order valence-corrected chi connectivity index (χ0v) is 11.1. The maximum absolute atomic E-state index is 11.8. The van der Waals surface area contributed by atoms with Gasteiger partial charge in [-0.1, -0.05) is 26.0 Å². The van der Waals surface area contributed by atoms with Gasteiger partial charge in [-0.25, -0.2) is 15.5 Å². The van der Waals surface area contributed by atoms with Crippen molar-refractivity contribution in [3.8, 4) is 0 Å². The van der Waals surface area contributed by atoms with E-state index in [-0.39, 0.29) is 17.7 Å². The first-order valence-electron chi connectivity index (χ1n) is 6.07. The summed E-state index contributed by atoms with van der Waals surface area (Å²) in [6, 6.07) is 4.97. The largest absolute Gasteiger partial charge is 0.342 e. The summed E-state index contributed by atoms with van der Waals surface area (Å²) >= 11 is 0. The van der Waals surface area contributed by atoms with Crippen molar-refractivity contribution in [3.05, 3.63) is 29.3 Å². The molecule has 19 heavy (non-hydrogen) atoms. The number of amides is 3. The quantitative estimate of drug-likeness (QED) is 0.408. The monoisotopic (exact) mass is 262 g/mol. The normalized spacial score (nSPS) is 14.5. The van der Waals surface area contributed by atoms with Crippen molar-refractivity contribution in [2.24, 2.45) is 11.6 Å². The highest BCUT2D eigenvalue weighted by Gasteiger charge is 2.33. The molecule has 0 spiro atoms. The second-order valence-corrected chi connectivity index (χ2v) is 5.29. The van der Waals surface area contributed by atoms with Crippen molar-refractivity contribution >= 4 is 17.6 Å². The van der Waals surface area contributed by atoms with Crippen LogP contribution in [-0.2, 0) is 16.6 Å². The summed E-state index contributed by atoms with van der Waals surface area (Å²) in [5.41, 5.74) is 10.0. The number of hydrazine groups is 1. The number of urea groups is 1. The van der Waals surface area contributed by atoms with E-state index in [1.54, 1.807) is 6.07 Å². The molecule has 102 valence electrons. The molecule has 0 aliphatic carbocycles. The van der Waals surface area contributed by atoms with Gasteiger partial charge in [-0.05, 0) is 17.2 Å². The van der Waals surface area contributed by atoms with Crippen molar-refractivity contribution < 1.29 is 9.59 Å². The fourth-order valence-corrected chi connectivity index (χ4v) is 2.15. The highest BCUT2D eigenvalue weighted by atomic mass is 16.2. The summed E-state index contributed by atoms with van der Waals surface area (Å²) in [7, 11) is 0. The number of nitrogens with zero attached hydrogens (tertiary/aromatic N) is 1. The van der Waals surface area contributed by atoms with Gasteiger partial charge in [-0.3, -0.25) is 10.2 Å². The van der Waals surface area contributed by atoms with Gasteiger partial charge in [0.25, 0.3) is 0 Å². The molecule has 1 aliphatic rings. The number of fused-ring (bicyclic) bond motifs is 1. The molecular formula is C13H18N4O2. The predicted octanol–water partition coefficient (Wildman–Crippen LogP) is 0.395. The summed E-state index contributed by atoms with van der Waals surface area (Å²) in [6.07, 6.45) is 0.206. The molecule has 0 bridgehead atoms. The maximum atomic E-state index is 11.8. The average Bonchev–Trinajstić information content (AvgIpc) is 2.72. The van der Waals surface area contributed by atoms with E-state index in [1.165, 1.54) is 0 Å². The summed E-state index contributed by atoms with van der Waals surface area (Å²) in [6.45, 7) is 4.58. The number of hydrogen-bond acceptors (Lipinski definition) is 4. The molecule has 0 saturated heterocycles. The van der Waals surface area contributed by atoms with Gasteiger partial charge in [-0.15, -0.1) is 0 Å². The Morgan fingerprint density at radius 1 is 1.47 bits per heavy atom. The second kappa shape index (κ2) is 4.64. The number of carbonyl (C=O) groups is 2. The van der Waals surface area contributed by atoms with E-state index < -0.39 is 6.03 Å². The molecule has 0 aromatic heterocycles. The topological polar surface area (TPSA) is 101 Å². The number of carbonyl (C=O) groups excluding carboxylic acids is 2. The third-order valence-corrected chi connectivity index (χ3v) is 3.53. The maximum Gasteiger partial charge on any atom is 0.342 e. The van der Waals surface area contributed by atoms with Crippen molar-refractivity contribution in [1.29, 1.82) is 0 Å². The Morgan fingerprint density at radius 3 is 2.74 bits per heavy atom. The number of nitrogens with two attached hydrogens (primary N) is 2. The van der Waals surface area contributed by atoms with E-state index in [9.17, 15) is 9.59 Å². The summed E-state index contributed by atoms with van der Waals surface area (Å²) in [5.74, 6) is 4.80. The van der Waals surface area contributed by atoms with Gasteiger partial charge in [0.2, 0.25) is 5.91 Å². The molecule has 0 atom stereocenters. The summed E-state index contributed by atoms with van der Waals surface area (Å²) in [5, 5.41) is 0. The third-order valence-electron chi connectivity index (χ3n) is 3.53. The van der Waals surface area contributed by atoms with Crippen LogP contribution in [0.3, 0.4) is 0 Å². The molecule has 0 saturated carbocycles. The van der Waals surface area contributed by atoms with E-state index in [0.717, 1.165) is 16.0 Å². The lowest BCUT2D eigenvalue weighted by atomic mass is 9.84. The first-order valence-corrected chi connectivity index (χ1v) is 6.07. The van der Waals surface area contributed by atoms with Crippen LogP contribution >= 0.6 is 0 Å². The van der Waals surface area contributed by atoms with Crippen LogP contribution in [0.15, 0.2) is 18.2 Å². The van der Waals surface area contributed by atoms with Crippen LogP contribution in [0.5, 0.6) is 0 Å². The molecule has 0 fully saturated rings. The van der Waals surface area contributed by atoms with Gasteiger partial charge in [0.05, 0.1) is 12.1 Å². The van der Waals surface area contributed by atoms with Crippen LogP contribution in [0.25, 0.3) is 0 Å². The minimum Gasteiger partial charge on any atom is -0.330 e. The predicted molar refractivity (Wildman–Crippen MR) is 72.4 cm³/mol. The number of nitrogens with one attached hydrogen (secondary N) is 1. The second-order valence-electron chi connectivity index (χ2n) is 5.29. The van der Waals surface area contributed by atoms with Crippen LogP contribution in [-0.4, -0.2) is 18.5 Å². The SMILES string of the molecule is CC(C)(CN)c1ccc2c(c1)CC(=O)N2C(=O)NN. The Morgan fingerprint density at radius 2 is 2.16 bits per heavy atom. The Hall–Kier alpha value is -1.92. The van der Waals surface area contributed by atoms with Crippen LogP contribution in [0.1, 0.15) is 25.0 Å². The molecular weight excluding hydrogens is 244 g/mol. The molecule has 6 nitrogen and oxygen atoms in total. The molecule has 5 N–H and O–H groups in total. The van der Waals surface area contributed by atoms with Gasteiger partial charge in [0.1, 0.15) is 0 Å². The smallest absolute Gasteiger partial charge is 0.330 e. The fraction of sp³-hybridized carbons (Fsp3) is 0.385. The lowest BCUT2D eigenvalue weighted by Crippen LogP contribution is -2.45. The molecule has 6 heteroatoms. The number of benzene rings is 1. The van der Waals surface area contributed by atoms with Gasteiger partial charge in [0.15, 0.2) is 0 Å². The van der Waals surface area contributed by atoms with Crippen molar-refractivity contribution in [3.63, 3.8) is 0 Å². The molecule has 1 heterocycles. The minimum absolute atomic E-state index is 0.165. The highest BCUT2D eigenvalue weighted by molar-refractivity contribution is 6.18. The van der Waals surface area contributed by atoms with Crippen LogP contribution < -0.4 is 21.9 Å². The zero-order valence-electron chi connectivity index (χ0n) is 11.1. The van der Waals surface area contributed by atoms with Crippen molar-refractivity contribution in [1.82, 2.24) is 5.43 Å². The van der Waals surface area contributed by atoms with Crippen LogP contribution in [0.2, 0.25) is 0 Å². The van der Waals surface area contributed by atoms with Crippen molar-refractivity contribution in [2.75, 3.05) is 11.4 Å². The molecule has 0 unspecified atom stereocenters. The standard InChI is InChI=1S/C13H18N4O2/c1-13(2,7-14)9-3-4-10-8(5-9)6-11(18)17(10)12(19)16-15/h3-5H,6-7,14-15H2,1-2H3,(H,16,19). The molecule has 2 rings (SSSR count). The molecule has 1 aliphatic heterocycles. The van der Waals surface area contributed by atoms with Gasteiger partial charge < -0.3 is 5.73 Å². The Labute approximate surface area is 111 Å². The molecule has 0 radical (unpaired) electrons. The molecule has 1 aromatic carbocycles. The first-order chi connectivity index (χ1) is 8.90. The lowest BCUT2D eigenvalue weighted by Gasteiger charge is -2.24. The van der Waals surface area contributed by atoms with E-state index in [2.05, 4.69) is 0 Å². The average molecular weight is 262 g/mol.